The van der Waals surface area contributed by atoms with E-state index in [-0.39, 0.29) is 5.91 Å². The number of ether oxygens (including phenoxy) is 4. The number of methoxy groups -OCH3 is 3. The number of H-pyrrole nitrogens is 1. The zero-order valence-corrected chi connectivity index (χ0v) is 19.0. The van der Waals surface area contributed by atoms with Crippen LogP contribution in [0.2, 0.25) is 0 Å². The third-order valence-electron chi connectivity index (χ3n) is 6.01. The van der Waals surface area contributed by atoms with Gasteiger partial charge in [0.15, 0.2) is 11.5 Å². The summed E-state index contributed by atoms with van der Waals surface area (Å²) in [6, 6.07) is 3.43. The van der Waals surface area contributed by atoms with Crippen LogP contribution in [-0.4, -0.2) is 111 Å². The van der Waals surface area contributed by atoms with E-state index in [9.17, 15) is 14.4 Å². The molecule has 0 spiro atoms. The van der Waals surface area contributed by atoms with E-state index in [0.717, 1.165) is 0 Å². The Morgan fingerprint density at radius 2 is 1.36 bits per heavy atom. The summed E-state index contributed by atoms with van der Waals surface area (Å²) in [7, 11) is 4.60. The van der Waals surface area contributed by atoms with E-state index in [0.29, 0.717) is 86.3 Å². The number of hydrogen-bond acceptors (Lipinski definition) is 7. The summed E-state index contributed by atoms with van der Waals surface area (Å²) >= 11 is 0. The Balaban J connectivity index is 1.46. The molecule has 0 unspecified atom stereocenters. The maximum Gasteiger partial charge on any atom is 0.312 e. The number of fused-ring (bicyclic) bond motifs is 1. The van der Waals surface area contributed by atoms with Gasteiger partial charge in [0, 0.05) is 50.7 Å². The van der Waals surface area contributed by atoms with Crippen molar-refractivity contribution in [3.63, 3.8) is 0 Å². The SMILES string of the molecule is COc1cc(OC)c2cc(C(=O)N3CCN(C(=O)C(=O)N4CCOCC4)CC3)[nH]c2c1OC. The molecular weight excluding hydrogens is 432 g/mol. The molecule has 3 amide bonds. The smallest absolute Gasteiger partial charge is 0.312 e. The highest BCUT2D eigenvalue weighted by molar-refractivity contribution is 6.35. The number of rotatable bonds is 4. The number of carbonyl (C=O) groups is 3. The van der Waals surface area contributed by atoms with Crippen LogP contribution in [0.4, 0.5) is 0 Å². The Hall–Kier alpha value is -3.47. The van der Waals surface area contributed by atoms with Gasteiger partial charge in [-0.15, -0.1) is 0 Å². The van der Waals surface area contributed by atoms with E-state index in [1.807, 2.05) is 0 Å². The summed E-state index contributed by atoms with van der Waals surface area (Å²) in [5.74, 6) is 0.262. The first-order chi connectivity index (χ1) is 16.0. The molecule has 0 saturated carbocycles. The van der Waals surface area contributed by atoms with Gasteiger partial charge in [0.2, 0.25) is 0 Å². The van der Waals surface area contributed by atoms with Gasteiger partial charge in [-0.1, -0.05) is 0 Å². The topological polar surface area (TPSA) is 114 Å². The summed E-state index contributed by atoms with van der Waals surface area (Å²) in [5, 5.41) is 0.698. The number of hydrogen-bond donors (Lipinski definition) is 1. The van der Waals surface area contributed by atoms with Crippen molar-refractivity contribution in [2.45, 2.75) is 0 Å². The first-order valence-corrected chi connectivity index (χ1v) is 10.7. The summed E-state index contributed by atoms with van der Waals surface area (Å²) in [5.41, 5.74) is 0.973. The minimum absolute atomic E-state index is 0.208. The first kappa shape index (κ1) is 22.7. The lowest BCUT2D eigenvalue weighted by molar-refractivity contribution is -0.154. The summed E-state index contributed by atoms with van der Waals surface area (Å²) in [6.07, 6.45) is 0. The number of carbonyl (C=O) groups excluding carboxylic acids is 3. The second-order valence-electron chi connectivity index (χ2n) is 7.77. The van der Waals surface area contributed by atoms with Gasteiger partial charge in [-0.25, -0.2) is 0 Å². The van der Waals surface area contributed by atoms with Gasteiger partial charge in [-0.2, -0.15) is 0 Å². The van der Waals surface area contributed by atoms with E-state index in [2.05, 4.69) is 4.98 Å². The Morgan fingerprint density at radius 3 is 1.94 bits per heavy atom. The lowest BCUT2D eigenvalue weighted by Gasteiger charge is -2.35. The summed E-state index contributed by atoms with van der Waals surface area (Å²) in [6.45, 7) is 2.95. The highest BCUT2D eigenvalue weighted by Crippen LogP contribution is 2.41. The van der Waals surface area contributed by atoms with Crippen molar-refractivity contribution in [1.82, 2.24) is 19.7 Å². The van der Waals surface area contributed by atoms with Crippen LogP contribution in [0, 0.1) is 0 Å². The molecule has 11 heteroatoms. The Bertz CT molecular complexity index is 1050. The van der Waals surface area contributed by atoms with E-state index in [4.69, 9.17) is 18.9 Å². The molecule has 2 aliphatic heterocycles. The Labute approximate surface area is 191 Å². The van der Waals surface area contributed by atoms with Crippen molar-refractivity contribution >= 4 is 28.6 Å². The third-order valence-corrected chi connectivity index (χ3v) is 6.01. The predicted octanol–water partition coefficient (Wildman–Crippen LogP) is 0.337. The van der Waals surface area contributed by atoms with E-state index < -0.39 is 11.8 Å². The largest absolute Gasteiger partial charge is 0.496 e. The molecular formula is C22H28N4O7. The number of amides is 3. The number of nitrogens with zero attached hydrogens (tertiary/aromatic N) is 3. The fourth-order valence-corrected chi connectivity index (χ4v) is 4.17. The molecule has 1 N–H and O–H groups in total. The third kappa shape index (κ3) is 4.28. The Kier molecular flexibility index (Phi) is 6.59. The average Bonchev–Trinajstić information content (AvgIpc) is 3.32. The second kappa shape index (κ2) is 9.57. The highest BCUT2D eigenvalue weighted by Gasteiger charge is 2.32. The zero-order chi connectivity index (χ0) is 23.5. The van der Waals surface area contributed by atoms with Crippen LogP contribution in [0.25, 0.3) is 10.9 Å². The highest BCUT2D eigenvalue weighted by atomic mass is 16.5. The fraction of sp³-hybridized carbons (Fsp3) is 0.500. The normalized spacial score (nSPS) is 16.6. The molecule has 2 saturated heterocycles. The molecule has 0 aliphatic carbocycles. The van der Waals surface area contributed by atoms with Crippen molar-refractivity contribution in [2.75, 3.05) is 73.8 Å². The molecule has 178 valence electrons. The molecule has 0 atom stereocenters. The number of aromatic amines is 1. The van der Waals surface area contributed by atoms with Crippen molar-refractivity contribution in [3.05, 3.63) is 17.8 Å². The maximum atomic E-state index is 13.2. The van der Waals surface area contributed by atoms with Gasteiger partial charge in [0.25, 0.3) is 5.91 Å². The quantitative estimate of drug-likeness (QED) is 0.655. The zero-order valence-electron chi connectivity index (χ0n) is 19.0. The van der Waals surface area contributed by atoms with Crippen molar-refractivity contribution < 1.29 is 33.3 Å². The minimum atomic E-state index is -0.531. The van der Waals surface area contributed by atoms with Crippen LogP contribution in [0.5, 0.6) is 17.2 Å². The second-order valence-corrected chi connectivity index (χ2v) is 7.77. The average molecular weight is 460 g/mol. The number of aromatic nitrogens is 1. The molecule has 2 fully saturated rings. The molecule has 2 aliphatic rings. The lowest BCUT2D eigenvalue weighted by Crippen LogP contribution is -2.55. The van der Waals surface area contributed by atoms with Gasteiger partial charge in [0.05, 0.1) is 40.1 Å². The van der Waals surface area contributed by atoms with E-state index in [1.54, 1.807) is 24.1 Å². The predicted molar refractivity (Wildman–Crippen MR) is 118 cm³/mol. The first-order valence-electron chi connectivity index (χ1n) is 10.7. The van der Waals surface area contributed by atoms with Crippen LogP contribution in [0.15, 0.2) is 12.1 Å². The molecule has 4 rings (SSSR count). The minimum Gasteiger partial charge on any atom is -0.496 e. The number of nitrogens with one attached hydrogen (secondary N) is 1. The van der Waals surface area contributed by atoms with Crippen LogP contribution in [0.1, 0.15) is 10.5 Å². The van der Waals surface area contributed by atoms with Crippen LogP contribution >= 0.6 is 0 Å². The monoisotopic (exact) mass is 460 g/mol. The van der Waals surface area contributed by atoms with Gasteiger partial charge in [-0.3, -0.25) is 14.4 Å². The van der Waals surface area contributed by atoms with Crippen molar-refractivity contribution in [3.8, 4) is 17.2 Å². The van der Waals surface area contributed by atoms with Crippen LogP contribution in [-0.2, 0) is 14.3 Å². The molecule has 1 aromatic carbocycles. The molecule has 33 heavy (non-hydrogen) atoms. The van der Waals surface area contributed by atoms with Gasteiger partial charge >= 0.3 is 11.8 Å². The molecule has 0 bridgehead atoms. The standard InChI is InChI=1S/C22H28N4O7/c1-30-16-13-17(31-2)19(32-3)18-14(16)12-15(23-18)20(27)24-4-6-25(7-5-24)21(28)22(29)26-8-10-33-11-9-26/h12-13,23H,4-11H2,1-3H3. The Morgan fingerprint density at radius 1 is 0.788 bits per heavy atom. The van der Waals surface area contributed by atoms with Crippen molar-refractivity contribution in [1.29, 1.82) is 0 Å². The van der Waals surface area contributed by atoms with Gasteiger partial charge < -0.3 is 38.6 Å². The maximum absolute atomic E-state index is 13.2. The summed E-state index contributed by atoms with van der Waals surface area (Å²) in [4.78, 5) is 46.0. The van der Waals surface area contributed by atoms with Crippen LogP contribution in [0.3, 0.4) is 0 Å². The number of piperazine rings is 1. The molecule has 1 aromatic heterocycles. The lowest BCUT2D eigenvalue weighted by atomic mass is 10.2. The molecule has 3 heterocycles. The van der Waals surface area contributed by atoms with Crippen molar-refractivity contribution in [2.24, 2.45) is 0 Å². The van der Waals surface area contributed by atoms with E-state index >= 15 is 0 Å². The summed E-state index contributed by atoms with van der Waals surface area (Å²) < 4.78 is 21.5. The molecule has 11 nitrogen and oxygen atoms in total. The molecule has 0 radical (unpaired) electrons. The van der Waals surface area contributed by atoms with Gasteiger partial charge in [0.1, 0.15) is 11.4 Å². The van der Waals surface area contributed by atoms with Gasteiger partial charge in [-0.05, 0) is 6.07 Å². The van der Waals surface area contributed by atoms with E-state index in [1.165, 1.54) is 24.0 Å². The number of benzene rings is 1. The fourth-order valence-electron chi connectivity index (χ4n) is 4.17. The number of morpholine rings is 1. The molecule has 2 aromatic rings. The van der Waals surface area contributed by atoms with Crippen LogP contribution < -0.4 is 14.2 Å².